The Hall–Kier alpha value is -2.28. The molecule has 3 heterocycles. The SMILES string of the molecule is Cc1nccnc1CCNC(=O)c1n[nH]c2c1C[C@@H](C)O[C@H]2C. The summed E-state index contributed by atoms with van der Waals surface area (Å²) in [5, 5.41) is 10.0. The molecule has 2 aromatic rings. The van der Waals surface area contributed by atoms with Crippen molar-refractivity contribution in [2.45, 2.75) is 45.8 Å². The number of aromatic amines is 1. The zero-order chi connectivity index (χ0) is 16.4. The molecule has 2 aromatic heterocycles. The molecule has 0 spiro atoms. The summed E-state index contributed by atoms with van der Waals surface area (Å²) in [5.74, 6) is -0.162. The maximum atomic E-state index is 12.4. The Labute approximate surface area is 134 Å². The summed E-state index contributed by atoms with van der Waals surface area (Å²) >= 11 is 0. The van der Waals surface area contributed by atoms with Gasteiger partial charge < -0.3 is 10.1 Å². The topological polar surface area (TPSA) is 92.8 Å². The lowest BCUT2D eigenvalue weighted by Gasteiger charge is -2.25. The van der Waals surface area contributed by atoms with Crippen LogP contribution in [-0.2, 0) is 17.6 Å². The van der Waals surface area contributed by atoms with Crippen LogP contribution in [0.5, 0.6) is 0 Å². The van der Waals surface area contributed by atoms with Gasteiger partial charge in [0.25, 0.3) is 5.91 Å². The van der Waals surface area contributed by atoms with E-state index < -0.39 is 0 Å². The number of carbonyl (C=O) groups excluding carboxylic acids is 1. The van der Waals surface area contributed by atoms with Crippen molar-refractivity contribution in [1.82, 2.24) is 25.5 Å². The third-order valence-corrected chi connectivity index (χ3v) is 4.08. The summed E-state index contributed by atoms with van der Waals surface area (Å²) in [4.78, 5) is 20.9. The highest BCUT2D eigenvalue weighted by molar-refractivity contribution is 5.94. The average Bonchev–Trinajstić information content (AvgIpc) is 2.93. The third-order valence-electron chi connectivity index (χ3n) is 4.08. The molecule has 0 radical (unpaired) electrons. The number of nitrogens with zero attached hydrogens (tertiary/aromatic N) is 3. The molecule has 2 N–H and O–H groups in total. The molecule has 0 aromatic carbocycles. The number of hydrogen-bond acceptors (Lipinski definition) is 5. The van der Waals surface area contributed by atoms with Gasteiger partial charge in [-0.05, 0) is 20.8 Å². The second-order valence-electron chi connectivity index (χ2n) is 5.85. The number of ether oxygens (including phenoxy) is 1. The first kappa shape index (κ1) is 15.6. The van der Waals surface area contributed by atoms with Crippen LogP contribution >= 0.6 is 0 Å². The molecule has 3 rings (SSSR count). The summed E-state index contributed by atoms with van der Waals surface area (Å²) in [6.45, 7) is 6.38. The fourth-order valence-electron chi connectivity index (χ4n) is 2.92. The van der Waals surface area contributed by atoms with E-state index in [0.717, 1.165) is 22.6 Å². The van der Waals surface area contributed by atoms with Crippen molar-refractivity contribution >= 4 is 5.91 Å². The third kappa shape index (κ3) is 3.24. The van der Waals surface area contributed by atoms with Crippen LogP contribution in [0.1, 0.15) is 53.1 Å². The number of carbonyl (C=O) groups is 1. The van der Waals surface area contributed by atoms with E-state index in [4.69, 9.17) is 4.74 Å². The van der Waals surface area contributed by atoms with Crippen LogP contribution in [0.25, 0.3) is 0 Å². The van der Waals surface area contributed by atoms with Crippen LogP contribution in [0.15, 0.2) is 12.4 Å². The lowest BCUT2D eigenvalue weighted by molar-refractivity contribution is -0.00697. The smallest absolute Gasteiger partial charge is 0.272 e. The van der Waals surface area contributed by atoms with Gasteiger partial charge >= 0.3 is 0 Å². The molecule has 23 heavy (non-hydrogen) atoms. The summed E-state index contributed by atoms with van der Waals surface area (Å²) in [6, 6.07) is 0. The Morgan fingerprint density at radius 1 is 1.39 bits per heavy atom. The minimum Gasteiger partial charge on any atom is -0.369 e. The first-order chi connectivity index (χ1) is 11.1. The van der Waals surface area contributed by atoms with Gasteiger partial charge in [0.1, 0.15) is 0 Å². The highest BCUT2D eigenvalue weighted by Crippen LogP contribution is 2.29. The second-order valence-corrected chi connectivity index (χ2v) is 5.85. The van der Waals surface area contributed by atoms with Crippen molar-refractivity contribution in [2.24, 2.45) is 0 Å². The van der Waals surface area contributed by atoms with Gasteiger partial charge in [-0.25, -0.2) is 0 Å². The molecule has 122 valence electrons. The maximum absolute atomic E-state index is 12.4. The molecule has 0 aliphatic carbocycles. The van der Waals surface area contributed by atoms with Crippen LogP contribution in [0, 0.1) is 6.92 Å². The molecule has 0 saturated heterocycles. The largest absolute Gasteiger partial charge is 0.369 e. The molecule has 2 atom stereocenters. The van der Waals surface area contributed by atoms with E-state index in [1.54, 1.807) is 12.4 Å². The Morgan fingerprint density at radius 3 is 2.96 bits per heavy atom. The molecule has 7 heteroatoms. The van der Waals surface area contributed by atoms with Gasteiger partial charge in [0.05, 0.1) is 29.3 Å². The van der Waals surface area contributed by atoms with Crippen molar-refractivity contribution in [2.75, 3.05) is 6.54 Å². The van der Waals surface area contributed by atoms with E-state index in [0.29, 0.717) is 25.1 Å². The molecule has 1 aliphatic heterocycles. The van der Waals surface area contributed by atoms with Gasteiger partial charge in [-0.1, -0.05) is 0 Å². The zero-order valence-electron chi connectivity index (χ0n) is 13.6. The van der Waals surface area contributed by atoms with E-state index in [9.17, 15) is 4.79 Å². The number of amides is 1. The normalized spacial score (nSPS) is 20.1. The lowest BCUT2D eigenvalue weighted by Crippen LogP contribution is -2.29. The molecule has 0 saturated carbocycles. The van der Waals surface area contributed by atoms with Gasteiger partial charge in [0, 0.05) is 37.3 Å². The number of nitrogens with one attached hydrogen (secondary N) is 2. The van der Waals surface area contributed by atoms with Gasteiger partial charge in [0.15, 0.2) is 5.69 Å². The minimum atomic E-state index is -0.162. The highest BCUT2D eigenvalue weighted by atomic mass is 16.5. The summed E-state index contributed by atoms with van der Waals surface area (Å²) in [7, 11) is 0. The standard InChI is InChI=1S/C16H21N5O2/c1-9-8-12-14(11(3)23-9)20-21-15(12)16(22)19-5-4-13-10(2)17-6-7-18-13/h6-7,9,11H,4-5,8H2,1-3H3,(H,19,22)(H,20,21)/t9-,11+/m1/s1. The molecule has 1 amide bonds. The second kappa shape index (κ2) is 6.45. The quantitative estimate of drug-likeness (QED) is 0.892. The van der Waals surface area contributed by atoms with Crippen LogP contribution in [0.4, 0.5) is 0 Å². The lowest BCUT2D eigenvalue weighted by atomic mass is 9.99. The number of aromatic nitrogens is 4. The predicted molar refractivity (Wildman–Crippen MR) is 84.1 cm³/mol. The zero-order valence-corrected chi connectivity index (χ0v) is 13.6. The molecular weight excluding hydrogens is 294 g/mol. The predicted octanol–water partition coefficient (Wildman–Crippen LogP) is 1.50. The minimum absolute atomic E-state index is 0.0648. The van der Waals surface area contributed by atoms with Crippen LogP contribution in [0.2, 0.25) is 0 Å². The number of hydrogen-bond donors (Lipinski definition) is 2. The Kier molecular flexibility index (Phi) is 4.38. The van der Waals surface area contributed by atoms with Crippen molar-refractivity contribution < 1.29 is 9.53 Å². The van der Waals surface area contributed by atoms with Crippen molar-refractivity contribution in [1.29, 1.82) is 0 Å². The monoisotopic (exact) mass is 315 g/mol. The molecule has 1 aliphatic rings. The Bertz CT molecular complexity index is 712. The average molecular weight is 315 g/mol. The molecular formula is C16H21N5O2. The number of rotatable bonds is 4. The molecule has 0 bridgehead atoms. The first-order valence-electron chi connectivity index (χ1n) is 7.83. The van der Waals surface area contributed by atoms with Gasteiger partial charge in [-0.3, -0.25) is 19.9 Å². The summed E-state index contributed by atoms with van der Waals surface area (Å²) in [5.41, 5.74) is 4.12. The number of aryl methyl sites for hydroxylation is 1. The van der Waals surface area contributed by atoms with E-state index >= 15 is 0 Å². The fraction of sp³-hybridized carbons (Fsp3) is 0.500. The van der Waals surface area contributed by atoms with Gasteiger partial charge in [-0.15, -0.1) is 0 Å². The number of H-pyrrole nitrogens is 1. The van der Waals surface area contributed by atoms with Crippen LogP contribution in [-0.4, -0.2) is 38.7 Å². The Morgan fingerprint density at radius 2 is 2.17 bits per heavy atom. The van der Waals surface area contributed by atoms with Gasteiger partial charge in [-0.2, -0.15) is 5.10 Å². The first-order valence-corrected chi connectivity index (χ1v) is 7.83. The van der Waals surface area contributed by atoms with Gasteiger partial charge in [0.2, 0.25) is 0 Å². The van der Waals surface area contributed by atoms with E-state index in [-0.39, 0.29) is 18.1 Å². The molecule has 0 unspecified atom stereocenters. The number of fused-ring (bicyclic) bond motifs is 1. The van der Waals surface area contributed by atoms with Crippen LogP contribution < -0.4 is 5.32 Å². The fourth-order valence-corrected chi connectivity index (χ4v) is 2.92. The van der Waals surface area contributed by atoms with Crippen molar-refractivity contribution in [3.8, 4) is 0 Å². The van der Waals surface area contributed by atoms with E-state index in [1.807, 2.05) is 20.8 Å². The van der Waals surface area contributed by atoms with E-state index in [1.165, 1.54) is 0 Å². The highest BCUT2D eigenvalue weighted by Gasteiger charge is 2.29. The maximum Gasteiger partial charge on any atom is 0.272 e. The Balaban J connectivity index is 1.65. The summed E-state index contributed by atoms with van der Waals surface area (Å²) < 4.78 is 5.74. The van der Waals surface area contributed by atoms with Crippen molar-refractivity contribution in [3.05, 3.63) is 40.7 Å². The van der Waals surface area contributed by atoms with Crippen LogP contribution in [0.3, 0.4) is 0 Å². The molecule has 0 fully saturated rings. The molecule has 7 nitrogen and oxygen atoms in total. The summed E-state index contributed by atoms with van der Waals surface area (Å²) in [6.07, 6.45) is 4.69. The van der Waals surface area contributed by atoms with Crippen molar-refractivity contribution in [3.63, 3.8) is 0 Å². The van der Waals surface area contributed by atoms with E-state index in [2.05, 4.69) is 25.5 Å².